The zero-order valence-corrected chi connectivity index (χ0v) is 12.0. The van der Waals surface area contributed by atoms with Crippen molar-refractivity contribution in [1.29, 1.82) is 0 Å². The third-order valence-corrected chi connectivity index (χ3v) is 3.04. The second kappa shape index (κ2) is 6.57. The van der Waals surface area contributed by atoms with Gasteiger partial charge in [0.15, 0.2) is 0 Å². The smallest absolute Gasteiger partial charge is 0.0322 e. The SMILES string of the molecule is C=C(/C(C)=C/C(=C\C)C(C)C)N(C)C(C)C. The van der Waals surface area contributed by atoms with E-state index in [2.05, 4.69) is 72.2 Å². The highest BCUT2D eigenvalue weighted by Gasteiger charge is 2.08. The molecule has 0 rings (SSSR count). The lowest BCUT2D eigenvalue weighted by Crippen LogP contribution is -2.25. The van der Waals surface area contributed by atoms with E-state index in [0.29, 0.717) is 12.0 Å². The molecule has 0 spiro atoms. The second-order valence-corrected chi connectivity index (χ2v) is 4.92. The Bertz CT molecular complexity index is 293. The average molecular weight is 221 g/mol. The first-order valence-corrected chi connectivity index (χ1v) is 6.07. The second-order valence-electron chi connectivity index (χ2n) is 4.92. The summed E-state index contributed by atoms with van der Waals surface area (Å²) in [5, 5.41) is 0. The van der Waals surface area contributed by atoms with Crippen molar-refractivity contribution in [3.05, 3.63) is 35.6 Å². The topological polar surface area (TPSA) is 3.24 Å². The third kappa shape index (κ3) is 4.26. The highest BCUT2D eigenvalue weighted by atomic mass is 15.1. The summed E-state index contributed by atoms with van der Waals surface area (Å²) in [7, 11) is 2.09. The zero-order valence-electron chi connectivity index (χ0n) is 12.0. The van der Waals surface area contributed by atoms with E-state index in [4.69, 9.17) is 0 Å². The lowest BCUT2D eigenvalue weighted by molar-refractivity contribution is 0.351. The Morgan fingerprint density at radius 1 is 1.19 bits per heavy atom. The molecule has 1 heteroatoms. The minimum absolute atomic E-state index is 0.490. The van der Waals surface area contributed by atoms with Crippen LogP contribution in [-0.2, 0) is 0 Å². The monoisotopic (exact) mass is 221 g/mol. The average Bonchev–Trinajstić information content (AvgIpc) is 2.22. The maximum Gasteiger partial charge on any atom is 0.0322 e. The van der Waals surface area contributed by atoms with Gasteiger partial charge in [0.05, 0.1) is 0 Å². The molecule has 0 atom stereocenters. The molecule has 0 bridgehead atoms. The number of allylic oxidation sites excluding steroid dienone is 4. The summed E-state index contributed by atoms with van der Waals surface area (Å²) in [5.41, 5.74) is 3.73. The Morgan fingerprint density at radius 3 is 2.00 bits per heavy atom. The predicted molar refractivity (Wildman–Crippen MR) is 74.4 cm³/mol. The summed E-state index contributed by atoms with van der Waals surface area (Å²) in [5.74, 6) is 0.567. The molecule has 0 aliphatic carbocycles. The first kappa shape index (κ1) is 15.0. The van der Waals surface area contributed by atoms with E-state index in [1.165, 1.54) is 11.1 Å². The Labute approximate surface area is 102 Å². The molecular weight excluding hydrogens is 194 g/mol. The molecule has 1 nitrogen and oxygen atoms in total. The summed E-state index contributed by atoms with van der Waals surface area (Å²) in [6.45, 7) is 17.2. The maximum absolute atomic E-state index is 4.15. The van der Waals surface area contributed by atoms with Crippen molar-refractivity contribution in [2.24, 2.45) is 5.92 Å². The van der Waals surface area contributed by atoms with E-state index >= 15 is 0 Å². The van der Waals surface area contributed by atoms with Crippen molar-refractivity contribution in [2.75, 3.05) is 7.05 Å². The lowest BCUT2D eigenvalue weighted by atomic mass is 9.99. The summed E-state index contributed by atoms with van der Waals surface area (Å²) in [4.78, 5) is 2.21. The van der Waals surface area contributed by atoms with Gasteiger partial charge in [0.25, 0.3) is 0 Å². The van der Waals surface area contributed by atoms with Gasteiger partial charge in [-0.2, -0.15) is 0 Å². The molecule has 0 amide bonds. The van der Waals surface area contributed by atoms with Gasteiger partial charge in [-0.1, -0.05) is 32.6 Å². The van der Waals surface area contributed by atoms with E-state index in [-0.39, 0.29) is 0 Å². The van der Waals surface area contributed by atoms with Gasteiger partial charge in [-0.05, 0) is 44.8 Å². The number of nitrogens with zero attached hydrogens (tertiary/aromatic N) is 1. The van der Waals surface area contributed by atoms with Crippen LogP contribution in [0.2, 0.25) is 0 Å². The molecule has 0 aromatic carbocycles. The molecule has 0 saturated heterocycles. The van der Waals surface area contributed by atoms with Crippen LogP contribution < -0.4 is 0 Å². The first-order valence-electron chi connectivity index (χ1n) is 6.07. The molecule has 0 N–H and O–H groups in total. The van der Waals surface area contributed by atoms with E-state index in [0.717, 1.165) is 5.70 Å². The molecule has 0 fully saturated rings. The van der Waals surface area contributed by atoms with E-state index < -0.39 is 0 Å². The summed E-state index contributed by atoms with van der Waals surface area (Å²) < 4.78 is 0. The van der Waals surface area contributed by atoms with E-state index in [9.17, 15) is 0 Å². The Morgan fingerprint density at radius 2 is 1.69 bits per heavy atom. The highest BCUT2D eigenvalue weighted by Crippen LogP contribution is 2.19. The summed E-state index contributed by atoms with van der Waals surface area (Å²) in [6, 6.07) is 0.490. The van der Waals surface area contributed by atoms with Gasteiger partial charge in [-0.25, -0.2) is 0 Å². The maximum atomic E-state index is 4.15. The minimum atomic E-state index is 0.490. The lowest BCUT2D eigenvalue weighted by Gasteiger charge is -2.26. The highest BCUT2D eigenvalue weighted by molar-refractivity contribution is 5.34. The Balaban J connectivity index is 4.86. The van der Waals surface area contributed by atoms with Crippen molar-refractivity contribution in [3.8, 4) is 0 Å². The van der Waals surface area contributed by atoms with E-state index in [1.54, 1.807) is 0 Å². The first-order chi connectivity index (χ1) is 7.31. The molecule has 0 aliphatic heterocycles. The molecule has 0 aliphatic rings. The zero-order chi connectivity index (χ0) is 12.9. The van der Waals surface area contributed by atoms with Crippen LogP contribution in [0.5, 0.6) is 0 Å². The molecule has 0 radical (unpaired) electrons. The van der Waals surface area contributed by atoms with Crippen LogP contribution in [0.15, 0.2) is 35.6 Å². The van der Waals surface area contributed by atoms with Crippen molar-refractivity contribution in [2.45, 2.75) is 47.6 Å². The van der Waals surface area contributed by atoms with Crippen molar-refractivity contribution in [3.63, 3.8) is 0 Å². The fourth-order valence-corrected chi connectivity index (χ4v) is 1.51. The largest absolute Gasteiger partial charge is 0.372 e. The molecule has 16 heavy (non-hydrogen) atoms. The summed E-state index contributed by atoms with van der Waals surface area (Å²) >= 11 is 0. The Hall–Kier alpha value is -0.980. The quantitative estimate of drug-likeness (QED) is 0.622. The fraction of sp³-hybridized carbons (Fsp3) is 0.600. The fourth-order valence-electron chi connectivity index (χ4n) is 1.51. The van der Waals surface area contributed by atoms with Crippen molar-refractivity contribution in [1.82, 2.24) is 4.90 Å². The number of hydrogen-bond donors (Lipinski definition) is 0. The number of rotatable bonds is 5. The summed E-state index contributed by atoms with van der Waals surface area (Å²) in [6.07, 6.45) is 4.42. The molecule has 0 unspecified atom stereocenters. The van der Waals surface area contributed by atoms with Crippen LogP contribution in [0.25, 0.3) is 0 Å². The van der Waals surface area contributed by atoms with Crippen LogP contribution in [0.4, 0.5) is 0 Å². The third-order valence-electron chi connectivity index (χ3n) is 3.04. The van der Waals surface area contributed by atoms with Crippen LogP contribution in [-0.4, -0.2) is 18.0 Å². The van der Waals surface area contributed by atoms with Gasteiger partial charge < -0.3 is 4.90 Å². The molecule has 92 valence electrons. The number of likely N-dealkylation sites (N-methyl/N-ethyl adjacent to an activating group) is 1. The van der Waals surface area contributed by atoms with Crippen LogP contribution in [0, 0.1) is 5.92 Å². The van der Waals surface area contributed by atoms with Gasteiger partial charge in [-0.3, -0.25) is 0 Å². The molecule has 0 heterocycles. The normalized spacial score (nSPS) is 13.6. The standard InChI is InChI=1S/C15H27N/c1-9-15(11(2)3)10-13(6)14(7)16(8)12(4)5/h9-12H,7H2,1-6,8H3/b13-10+,15-9+. The molecule has 0 aromatic rings. The van der Waals surface area contributed by atoms with Crippen molar-refractivity contribution < 1.29 is 0 Å². The van der Waals surface area contributed by atoms with Crippen LogP contribution in [0.3, 0.4) is 0 Å². The van der Waals surface area contributed by atoms with Gasteiger partial charge in [-0.15, -0.1) is 0 Å². The number of hydrogen-bond acceptors (Lipinski definition) is 1. The van der Waals surface area contributed by atoms with E-state index in [1.807, 2.05) is 0 Å². The van der Waals surface area contributed by atoms with Crippen LogP contribution in [0.1, 0.15) is 41.5 Å². The van der Waals surface area contributed by atoms with Crippen molar-refractivity contribution >= 4 is 0 Å². The molecule has 0 aromatic heterocycles. The molecular formula is C15H27N. The Kier molecular flexibility index (Phi) is 6.17. The molecule has 0 saturated carbocycles. The van der Waals surface area contributed by atoms with Gasteiger partial charge in [0, 0.05) is 18.8 Å². The van der Waals surface area contributed by atoms with Crippen LogP contribution >= 0.6 is 0 Å². The minimum Gasteiger partial charge on any atom is -0.372 e. The van der Waals surface area contributed by atoms with Gasteiger partial charge >= 0.3 is 0 Å². The van der Waals surface area contributed by atoms with Gasteiger partial charge in [0.2, 0.25) is 0 Å². The predicted octanol–water partition coefficient (Wildman–Crippen LogP) is 4.39. The van der Waals surface area contributed by atoms with Gasteiger partial charge in [0.1, 0.15) is 0 Å².